The summed E-state index contributed by atoms with van der Waals surface area (Å²) in [6.07, 6.45) is 0. The molecule has 0 radical (unpaired) electrons. The Labute approximate surface area is 122 Å². The summed E-state index contributed by atoms with van der Waals surface area (Å²) in [6, 6.07) is 4.81. The second-order valence-electron chi connectivity index (χ2n) is 4.76. The van der Waals surface area contributed by atoms with Crippen LogP contribution >= 0.6 is 0 Å². The number of carbonyl (C=O) groups is 3. The Morgan fingerprint density at radius 2 is 1.57 bits per heavy atom. The highest BCUT2D eigenvalue weighted by Gasteiger charge is 2.23. The number of anilines is 2. The normalized spacial score (nSPS) is 10.0. The third-order valence-electron chi connectivity index (χ3n) is 2.71. The van der Waals surface area contributed by atoms with Gasteiger partial charge in [0, 0.05) is 25.5 Å². The lowest BCUT2D eigenvalue weighted by atomic mass is 10.1. The number of amides is 3. The van der Waals surface area contributed by atoms with Gasteiger partial charge in [0.25, 0.3) is 5.91 Å². The van der Waals surface area contributed by atoms with Crippen LogP contribution in [0.1, 0.15) is 10.4 Å². The molecule has 0 saturated heterocycles. The SMILES string of the molecule is CN(C)c1ccc(N)cc1C(=O)N(CC(N)=O)CC(N)=O. The van der Waals surface area contributed by atoms with Crippen LogP contribution in [-0.4, -0.2) is 49.8 Å². The maximum Gasteiger partial charge on any atom is 0.256 e. The molecular weight excluding hydrogens is 274 g/mol. The van der Waals surface area contributed by atoms with Crippen molar-refractivity contribution in [3.05, 3.63) is 23.8 Å². The topological polar surface area (TPSA) is 136 Å². The summed E-state index contributed by atoms with van der Waals surface area (Å²) in [5.74, 6) is -2.01. The van der Waals surface area contributed by atoms with Crippen molar-refractivity contribution in [2.45, 2.75) is 0 Å². The Hall–Kier alpha value is -2.77. The summed E-state index contributed by atoms with van der Waals surface area (Å²) in [5.41, 5.74) is 17.1. The first-order valence-electron chi connectivity index (χ1n) is 6.15. The number of carbonyl (C=O) groups excluding carboxylic acids is 3. The Bertz CT molecular complexity index is 555. The van der Waals surface area contributed by atoms with E-state index in [1.54, 1.807) is 31.1 Å². The summed E-state index contributed by atoms with van der Waals surface area (Å²) < 4.78 is 0. The van der Waals surface area contributed by atoms with E-state index in [9.17, 15) is 14.4 Å². The van der Waals surface area contributed by atoms with Gasteiger partial charge in [-0.15, -0.1) is 0 Å². The number of hydrogen-bond donors (Lipinski definition) is 3. The van der Waals surface area contributed by atoms with E-state index in [0.29, 0.717) is 11.4 Å². The minimum absolute atomic E-state index is 0.266. The molecular formula is C13H19N5O3. The molecule has 0 saturated carbocycles. The Morgan fingerprint density at radius 3 is 2.00 bits per heavy atom. The molecule has 0 heterocycles. The lowest BCUT2D eigenvalue weighted by molar-refractivity contribution is -0.121. The Balaban J connectivity index is 3.21. The highest BCUT2D eigenvalue weighted by Crippen LogP contribution is 2.23. The molecule has 114 valence electrons. The molecule has 0 bridgehead atoms. The highest BCUT2D eigenvalue weighted by molar-refractivity contribution is 6.03. The van der Waals surface area contributed by atoms with Crippen molar-refractivity contribution in [1.29, 1.82) is 0 Å². The van der Waals surface area contributed by atoms with Gasteiger partial charge in [-0.2, -0.15) is 0 Å². The Morgan fingerprint density at radius 1 is 1.05 bits per heavy atom. The first-order valence-corrected chi connectivity index (χ1v) is 6.15. The standard InChI is InChI=1S/C13H19N5O3/c1-17(2)10-4-3-8(14)5-9(10)13(21)18(6-11(15)19)7-12(16)20/h3-5H,6-7,14H2,1-2H3,(H2,15,19)(H2,16,20). The van der Waals surface area contributed by atoms with Crippen molar-refractivity contribution in [3.63, 3.8) is 0 Å². The van der Waals surface area contributed by atoms with Crippen LogP contribution in [0.2, 0.25) is 0 Å². The van der Waals surface area contributed by atoms with Crippen molar-refractivity contribution in [3.8, 4) is 0 Å². The van der Waals surface area contributed by atoms with Crippen molar-refractivity contribution >= 4 is 29.1 Å². The van der Waals surface area contributed by atoms with Gasteiger partial charge in [-0.05, 0) is 18.2 Å². The average molecular weight is 293 g/mol. The van der Waals surface area contributed by atoms with Crippen LogP contribution in [0.4, 0.5) is 11.4 Å². The van der Waals surface area contributed by atoms with Crippen LogP contribution in [0, 0.1) is 0 Å². The number of hydrogen-bond acceptors (Lipinski definition) is 5. The van der Waals surface area contributed by atoms with Gasteiger partial charge in [-0.25, -0.2) is 0 Å². The largest absolute Gasteiger partial charge is 0.399 e. The first-order chi connectivity index (χ1) is 9.72. The summed E-state index contributed by atoms with van der Waals surface area (Å²) >= 11 is 0. The van der Waals surface area contributed by atoms with E-state index in [2.05, 4.69) is 0 Å². The van der Waals surface area contributed by atoms with Crippen LogP contribution < -0.4 is 22.1 Å². The predicted octanol–water partition coefficient (Wildman–Crippen LogP) is -1.25. The van der Waals surface area contributed by atoms with Crippen molar-refractivity contribution in [2.24, 2.45) is 11.5 Å². The second-order valence-corrected chi connectivity index (χ2v) is 4.76. The maximum absolute atomic E-state index is 12.5. The molecule has 3 amide bonds. The lowest BCUT2D eigenvalue weighted by Crippen LogP contribution is -2.43. The minimum atomic E-state index is -0.736. The van der Waals surface area contributed by atoms with Gasteiger partial charge in [0.2, 0.25) is 11.8 Å². The molecule has 0 aliphatic rings. The van der Waals surface area contributed by atoms with E-state index in [0.717, 1.165) is 4.90 Å². The molecule has 0 unspecified atom stereocenters. The van der Waals surface area contributed by atoms with E-state index in [1.807, 2.05) is 0 Å². The molecule has 6 N–H and O–H groups in total. The molecule has 0 aliphatic heterocycles. The van der Waals surface area contributed by atoms with Crippen molar-refractivity contribution in [2.75, 3.05) is 37.8 Å². The molecule has 1 aromatic carbocycles. The summed E-state index contributed by atoms with van der Waals surface area (Å²) in [7, 11) is 3.52. The van der Waals surface area contributed by atoms with E-state index < -0.39 is 30.8 Å². The zero-order valence-corrected chi connectivity index (χ0v) is 12.0. The predicted molar refractivity (Wildman–Crippen MR) is 79.5 cm³/mol. The van der Waals surface area contributed by atoms with Crippen LogP contribution in [0.3, 0.4) is 0 Å². The van der Waals surface area contributed by atoms with Crippen LogP contribution in [-0.2, 0) is 9.59 Å². The van der Waals surface area contributed by atoms with Crippen molar-refractivity contribution in [1.82, 2.24) is 4.90 Å². The van der Waals surface area contributed by atoms with Gasteiger partial charge in [-0.1, -0.05) is 0 Å². The zero-order chi connectivity index (χ0) is 16.2. The zero-order valence-electron chi connectivity index (χ0n) is 12.0. The van der Waals surface area contributed by atoms with Gasteiger partial charge in [0.05, 0.1) is 5.56 Å². The molecule has 0 fully saturated rings. The van der Waals surface area contributed by atoms with E-state index in [-0.39, 0.29) is 5.56 Å². The lowest BCUT2D eigenvalue weighted by Gasteiger charge is -2.23. The third kappa shape index (κ3) is 4.37. The molecule has 8 nitrogen and oxygen atoms in total. The van der Waals surface area contributed by atoms with E-state index in [1.165, 1.54) is 6.07 Å². The fourth-order valence-corrected chi connectivity index (χ4v) is 1.86. The average Bonchev–Trinajstić information content (AvgIpc) is 2.35. The highest BCUT2D eigenvalue weighted by atomic mass is 16.2. The number of rotatable bonds is 6. The molecule has 1 rings (SSSR count). The summed E-state index contributed by atoms with van der Waals surface area (Å²) in [4.78, 5) is 37.3. The smallest absolute Gasteiger partial charge is 0.256 e. The maximum atomic E-state index is 12.5. The van der Waals surface area contributed by atoms with Crippen LogP contribution in [0.15, 0.2) is 18.2 Å². The second kappa shape index (κ2) is 6.60. The number of primary amides is 2. The number of benzene rings is 1. The molecule has 8 heteroatoms. The fourth-order valence-electron chi connectivity index (χ4n) is 1.86. The van der Waals surface area contributed by atoms with Gasteiger partial charge in [0.15, 0.2) is 0 Å². The Kier molecular flexibility index (Phi) is 5.12. The van der Waals surface area contributed by atoms with Gasteiger partial charge in [-0.3, -0.25) is 14.4 Å². The number of nitrogen functional groups attached to an aromatic ring is 1. The number of nitrogens with two attached hydrogens (primary N) is 3. The molecule has 0 aliphatic carbocycles. The summed E-state index contributed by atoms with van der Waals surface area (Å²) in [6.45, 7) is -0.799. The van der Waals surface area contributed by atoms with E-state index >= 15 is 0 Å². The van der Waals surface area contributed by atoms with Gasteiger partial charge < -0.3 is 27.0 Å². The number of nitrogens with zero attached hydrogens (tertiary/aromatic N) is 2. The first kappa shape index (κ1) is 16.3. The van der Waals surface area contributed by atoms with Crippen molar-refractivity contribution < 1.29 is 14.4 Å². The quantitative estimate of drug-likeness (QED) is 0.563. The molecule has 21 heavy (non-hydrogen) atoms. The third-order valence-corrected chi connectivity index (χ3v) is 2.71. The molecule has 1 aromatic rings. The monoisotopic (exact) mass is 293 g/mol. The van der Waals surface area contributed by atoms with Crippen LogP contribution in [0.25, 0.3) is 0 Å². The summed E-state index contributed by atoms with van der Waals surface area (Å²) in [5, 5.41) is 0. The minimum Gasteiger partial charge on any atom is -0.399 e. The molecule has 0 aromatic heterocycles. The van der Waals surface area contributed by atoms with Gasteiger partial charge >= 0.3 is 0 Å². The van der Waals surface area contributed by atoms with Gasteiger partial charge in [0.1, 0.15) is 13.1 Å². The van der Waals surface area contributed by atoms with Crippen LogP contribution in [0.5, 0.6) is 0 Å². The molecule has 0 atom stereocenters. The van der Waals surface area contributed by atoms with E-state index in [4.69, 9.17) is 17.2 Å². The fraction of sp³-hybridized carbons (Fsp3) is 0.308. The molecule has 0 spiro atoms.